The molecular formula is C12H14ClN3S. The summed E-state index contributed by atoms with van der Waals surface area (Å²) in [4.78, 5) is 0. The number of nitrogens with zero attached hydrogens (tertiary/aromatic N) is 2. The van der Waals surface area contributed by atoms with E-state index in [4.69, 9.17) is 11.6 Å². The van der Waals surface area contributed by atoms with Gasteiger partial charge in [-0.1, -0.05) is 35.1 Å². The first-order valence-electron chi connectivity index (χ1n) is 5.48. The Morgan fingerprint density at radius 2 is 2.29 bits per heavy atom. The van der Waals surface area contributed by atoms with Gasteiger partial charge in [0, 0.05) is 10.4 Å². The molecule has 5 heteroatoms. The lowest BCUT2D eigenvalue weighted by Gasteiger charge is -2.16. The van der Waals surface area contributed by atoms with Crippen LogP contribution in [0.25, 0.3) is 0 Å². The molecule has 1 heterocycles. The van der Waals surface area contributed by atoms with Crippen LogP contribution in [-0.2, 0) is 0 Å². The van der Waals surface area contributed by atoms with E-state index in [-0.39, 0.29) is 6.04 Å². The van der Waals surface area contributed by atoms with E-state index in [0.29, 0.717) is 0 Å². The quantitative estimate of drug-likeness (QED) is 0.924. The lowest BCUT2D eigenvalue weighted by molar-refractivity contribution is 0.613. The van der Waals surface area contributed by atoms with Gasteiger partial charge in [-0.05, 0) is 42.2 Å². The van der Waals surface area contributed by atoms with Gasteiger partial charge < -0.3 is 5.32 Å². The van der Waals surface area contributed by atoms with Gasteiger partial charge in [-0.15, -0.1) is 5.10 Å². The van der Waals surface area contributed by atoms with Gasteiger partial charge in [0.25, 0.3) is 0 Å². The zero-order valence-corrected chi connectivity index (χ0v) is 11.3. The zero-order chi connectivity index (χ0) is 12.3. The molecule has 0 saturated heterocycles. The van der Waals surface area contributed by atoms with Crippen LogP contribution in [0.1, 0.15) is 29.8 Å². The summed E-state index contributed by atoms with van der Waals surface area (Å²) in [5.41, 5.74) is 3.15. The third-order valence-corrected chi connectivity index (χ3v) is 3.54. The Labute approximate surface area is 110 Å². The molecule has 3 nitrogen and oxygen atoms in total. The van der Waals surface area contributed by atoms with E-state index in [1.807, 2.05) is 24.4 Å². The van der Waals surface area contributed by atoms with Gasteiger partial charge in [0.2, 0.25) is 0 Å². The average molecular weight is 268 g/mol. The Morgan fingerprint density at radius 1 is 1.47 bits per heavy atom. The fraction of sp³-hybridized carbons (Fsp3) is 0.333. The number of rotatable bonds is 4. The second-order valence-electron chi connectivity index (χ2n) is 3.83. The van der Waals surface area contributed by atoms with Crippen molar-refractivity contribution in [2.24, 2.45) is 0 Å². The van der Waals surface area contributed by atoms with Crippen LogP contribution >= 0.6 is 23.1 Å². The molecule has 0 aliphatic carbocycles. The predicted octanol–water partition coefficient (Wildman–Crippen LogP) is 3.20. The molecule has 0 bridgehead atoms. The summed E-state index contributed by atoms with van der Waals surface area (Å²) >= 11 is 7.52. The highest BCUT2D eigenvalue weighted by Gasteiger charge is 2.16. The standard InChI is InChI=1S/C12H14ClN3S/c1-3-14-12(11-7-17-16-15-11)9-5-4-8(2)10(13)6-9/h4-7,12,14H,3H2,1-2H3. The van der Waals surface area contributed by atoms with Gasteiger partial charge in [0.1, 0.15) is 0 Å². The van der Waals surface area contributed by atoms with Crippen LogP contribution < -0.4 is 5.32 Å². The third kappa shape index (κ3) is 2.83. The second kappa shape index (κ2) is 5.58. The van der Waals surface area contributed by atoms with E-state index < -0.39 is 0 Å². The van der Waals surface area contributed by atoms with E-state index >= 15 is 0 Å². The van der Waals surface area contributed by atoms with Crippen molar-refractivity contribution in [1.29, 1.82) is 0 Å². The van der Waals surface area contributed by atoms with Crippen molar-refractivity contribution < 1.29 is 0 Å². The van der Waals surface area contributed by atoms with Crippen molar-refractivity contribution >= 4 is 23.1 Å². The Kier molecular flexibility index (Phi) is 4.10. The molecule has 90 valence electrons. The molecule has 0 spiro atoms. The molecule has 0 amide bonds. The SMILES string of the molecule is CCNC(c1ccc(C)c(Cl)c1)c1csnn1. The maximum Gasteiger partial charge on any atom is 0.0970 e. The average Bonchev–Trinajstić information content (AvgIpc) is 2.83. The molecule has 17 heavy (non-hydrogen) atoms. The smallest absolute Gasteiger partial charge is 0.0970 e. The van der Waals surface area contributed by atoms with E-state index in [2.05, 4.69) is 27.9 Å². The van der Waals surface area contributed by atoms with Crippen molar-refractivity contribution in [3.63, 3.8) is 0 Å². The molecule has 1 aromatic carbocycles. The highest BCUT2D eigenvalue weighted by molar-refractivity contribution is 7.03. The minimum atomic E-state index is 0.0665. The number of aromatic nitrogens is 2. The molecule has 0 aliphatic heterocycles. The molecular weight excluding hydrogens is 254 g/mol. The minimum Gasteiger partial charge on any atom is -0.305 e. The van der Waals surface area contributed by atoms with Gasteiger partial charge in [-0.25, -0.2) is 0 Å². The summed E-state index contributed by atoms with van der Waals surface area (Å²) < 4.78 is 3.91. The van der Waals surface area contributed by atoms with Gasteiger partial charge >= 0.3 is 0 Å². The number of benzene rings is 1. The maximum atomic E-state index is 6.16. The summed E-state index contributed by atoms with van der Waals surface area (Å²) in [5, 5.41) is 10.3. The number of hydrogen-bond donors (Lipinski definition) is 1. The molecule has 1 unspecified atom stereocenters. The highest BCUT2D eigenvalue weighted by Crippen LogP contribution is 2.25. The van der Waals surface area contributed by atoms with Crippen LogP contribution in [0.5, 0.6) is 0 Å². The van der Waals surface area contributed by atoms with Gasteiger partial charge in [-0.2, -0.15) is 0 Å². The number of nitrogens with one attached hydrogen (secondary N) is 1. The number of halogens is 1. The van der Waals surface area contributed by atoms with Crippen LogP contribution in [0.4, 0.5) is 0 Å². The van der Waals surface area contributed by atoms with E-state index in [9.17, 15) is 0 Å². The van der Waals surface area contributed by atoms with Gasteiger partial charge in [0.05, 0.1) is 11.7 Å². The lowest BCUT2D eigenvalue weighted by Crippen LogP contribution is -2.22. The lowest BCUT2D eigenvalue weighted by atomic mass is 10.0. The topological polar surface area (TPSA) is 37.8 Å². The molecule has 1 aromatic heterocycles. The molecule has 1 atom stereocenters. The molecule has 1 N–H and O–H groups in total. The van der Waals surface area contributed by atoms with Crippen molar-refractivity contribution in [3.05, 3.63) is 45.4 Å². The molecule has 0 radical (unpaired) electrons. The Morgan fingerprint density at radius 3 is 2.88 bits per heavy atom. The Hall–Kier alpha value is -0.970. The highest BCUT2D eigenvalue weighted by atomic mass is 35.5. The first-order valence-corrected chi connectivity index (χ1v) is 6.70. The summed E-state index contributed by atoms with van der Waals surface area (Å²) in [6.07, 6.45) is 0. The van der Waals surface area contributed by atoms with Crippen LogP contribution in [0.2, 0.25) is 5.02 Å². The fourth-order valence-corrected chi connectivity index (χ4v) is 2.35. The molecule has 0 saturated carbocycles. The Balaban J connectivity index is 2.35. The van der Waals surface area contributed by atoms with E-state index in [0.717, 1.165) is 28.4 Å². The van der Waals surface area contributed by atoms with E-state index in [1.54, 1.807) is 0 Å². The maximum absolute atomic E-state index is 6.16. The summed E-state index contributed by atoms with van der Waals surface area (Å²) in [7, 11) is 0. The molecule has 2 rings (SSSR count). The molecule has 2 aromatic rings. The number of aryl methyl sites for hydroxylation is 1. The zero-order valence-electron chi connectivity index (χ0n) is 9.77. The van der Waals surface area contributed by atoms with Crippen LogP contribution in [0.3, 0.4) is 0 Å². The first-order chi connectivity index (χ1) is 8.22. The largest absolute Gasteiger partial charge is 0.305 e. The van der Waals surface area contributed by atoms with Gasteiger partial charge in [0.15, 0.2) is 0 Å². The van der Waals surface area contributed by atoms with Crippen molar-refractivity contribution in [3.8, 4) is 0 Å². The fourth-order valence-electron chi connectivity index (χ4n) is 1.68. The van der Waals surface area contributed by atoms with Crippen molar-refractivity contribution in [2.45, 2.75) is 19.9 Å². The first kappa shape index (κ1) is 12.5. The van der Waals surface area contributed by atoms with Crippen molar-refractivity contribution in [1.82, 2.24) is 14.9 Å². The van der Waals surface area contributed by atoms with Crippen molar-refractivity contribution in [2.75, 3.05) is 6.54 Å². The van der Waals surface area contributed by atoms with Crippen LogP contribution in [0.15, 0.2) is 23.6 Å². The summed E-state index contributed by atoms with van der Waals surface area (Å²) in [5.74, 6) is 0. The number of hydrogen-bond acceptors (Lipinski definition) is 4. The minimum absolute atomic E-state index is 0.0665. The second-order valence-corrected chi connectivity index (χ2v) is 4.85. The normalized spacial score (nSPS) is 12.6. The van der Waals surface area contributed by atoms with Crippen LogP contribution in [0, 0.1) is 6.92 Å². The summed E-state index contributed by atoms with van der Waals surface area (Å²) in [6.45, 7) is 4.94. The monoisotopic (exact) mass is 267 g/mol. The molecule has 0 fully saturated rings. The van der Waals surface area contributed by atoms with E-state index in [1.165, 1.54) is 11.5 Å². The van der Waals surface area contributed by atoms with Crippen LogP contribution in [-0.4, -0.2) is 16.1 Å². The Bertz CT molecular complexity index is 485. The van der Waals surface area contributed by atoms with Gasteiger partial charge in [-0.3, -0.25) is 0 Å². The predicted molar refractivity (Wildman–Crippen MR) is 71.6 cm³/mol. The summed E-state index contributed by atoms with van der Waals surface area (Å²) in [6, 6.07) is 6.16. The third-order valence-electron chi connectivity index (χ3n) is 2.61. The molecule has 0 aliphatic rings.